The summed E-state index contributed by atoms with van der Waals surface area (Å²) < 4.78 is 4.69. The van der Waals surface area contributed by atoms with Crippen LogP contribution in [0.5, 0.6) is 0 Å². The zero-order valence-electron chi connectivity index (χ0n) is 12.8. The van der Waals surface area contributed by atoms with Crippen LogP contribution in [0.15, 0.2) is 42.6 Å². The van der Waals surface area contributed by atoms with Gasteiger partial charge in [-0.3, -0.25) is 0 Å². The fourth-order valence-corrected chi connectivity index (χ4v) is 3.27. The molecule has 1 aliphatic rings. The Morgan fingerprint density at radius 3 is 2.91 bits per heavy atom. The Balaban J connectivity index is 1.75. The van der Waals surface area contributed by atoms with Crippen LogP contribution in [0.1, 0.15) is 33.4 Å². The van der Waals surface area contributed by atoms with E-state index in [9.17, 15) is 4.79 Å². The fraction of sp³-hybridized carbons (Fsp3) is 0.222. The third-order valence-corrected chi connectivity index (χ3v) is 4.37. The van der Waals surface area contributed by atoms with E-state index in [4.69, 9.17) is 4.74 Å². The molecule has 4 rings (SSSR count). The van der Waals surface area contributed by atoms with Crippen molar-refractivity contribution < 1.29 is 9.53 Å². The van der Waals surface area contributed by atoms with Gasteiger partial charge in [0.15, 0.2) is 0 Å². The molecule has 1 aliphatic heterocycles. The van der Waals surface area contributed by atoms with Gasteiger partial charge < -0.3 is 15.0 Å². The molecule has 1 atom stereocenters. The molecule has 1 aromatic carbocycles. The highest BCUT2D eigenvalue weighted by molar-refractivity contribution is 5.87. The summed E-state index contributed by atoms with van der Waals surface area (Å²) in [7, 11) is 1.36. The number of H-pyrrole nitrogens is 1. The molecule has 0 spiro atoms. The number of hydrogen-bond donors (Lipinski definition) is 2. The third-order valence-electron chi connectivity index (χ3n) is 4.37. The second kappa shape index (κ2) is 5.52. The molecule has 0 bridgehead atoms. The lowest BCUT2D eigenvalue weighted by atomic mass is 9.95. The van der Waals surface area contributed by atoms with Gasteiger partial charge in [-0.05, 0) is 29.7 Å². The van der Waals surface area contributed by atoms with Crippen molar-refractivity contribution in [2.75, 3.05) is 13.7 Å². The summed E-state index contributed by atoms with van der Waals surface area (Å²) in [6.45, 7) is 0.915. The minimum Gasteiger partial charge on any atom is -0.464 e. The number of aromatic amines is 1. The number of aromatic nitrogens is 2. The van der Waals surface area contributed by atoms with Gasteiger partial charge in [0.2, 0.25) is 0 Å². The number of benzene rings is 1. The van der Waals surface area contributed by atoms with E-state index in [1.165, 1.54) is 23.8 Å². The highest BCUT2D eigenvalue weighted by Gasteiger charge is 2.25. The second-order valence-electron chi connectivity index (χ2n) is 5.67. The Morgan fingerprint density at radius 2 is 2.13 bits per heavy atom. The van der Waals surface area contributed by atoms with Gasteiger partial charge in [0.25, 0.3) is 0 Å². The number of rotatable bonds is 2. The summed E-state index contributed by atoms with van der Waals surface area (Å²) >= 11 is 0. The molecular formula is C18H17N3O2. The molecule has 0 unspecified atom stereocenters. The number of fused-ring (bicyclic) bond motifs is 3. The van der Waals surface area contributed by atoms with E-state index in [0.717, 1.165) is 24.0 Å². The standard InChI is InChI=1S/C18H17N3O2/c1-23-18(22)15-7-6-11(10-20-15)16-17-13(8-9-19-16)12-4-2-3-5-14(12)21-17/h2-7,10,16,19,21H,8-9H2,1H3/t16-/m0/s1. The average molecular weight is 307 g/mol. The summed E-state index contributed by atoms with van der Waals surface area (Å²) in [4.78, 5) is 19.3. The van der Waals surface area contributed by atoms with Crippen molar-refractivity contribution in [3.63, 3.8) is 0 Å². The third kappa shape index (κ3) is 2.29. The van der Waals surface area contributed by atoms with Gasteiger partial charge in [-0.15, -0.1) is 0 Å². The molecule has 5 heteroatoms. The lowest BCUT2D eigenvalue weighted by Crippen LogP contribution is -2.30. The number of hydrogen-bond acceptors (Lipinski definition) is 4. The maximum Gasteiger partial charge on any atom is 0.356 e. The summed E-state index contributed by atoms with van der Waals surface area (Å²) in [6.07, 6.45) is 2.74. The van der Waals surface area contributed by atoms with Crippen LogP contribution in [0.2, 0.25) is 0 Å². The molecule has 116 valence electrons. The van der Waals surface area contributed by atoms with Gasteiger partial charge in [0.1, 0.15) is 5.69 Å². The van der Waals surface area contributed by atoms with Crippen molar-refractivity contribution in [1.82, 2.24) is 15.3 Å². The van der Waals surface area contributed by atoms with Crippen LogP contribution < -0.4 is 5.32 Å². The number of carbonyl (C=O) groups excluding carboxylic acids is 1. The molecule has 2 N–H and O–H groups in total. The molecule has 0 fully saturated rings. The number of ether oxygens (including phenoxy) is 1. The van der Waals surface area contributed by atoms with Crippen LogP contribution in [0.4, 0.5) is 0 Å². The van der Waals surface area contributed by atoms with Crippen molar-refractivity contribution in [2.45, 2.75) is 12.5 Å². The number of esters is 1. The maximum absolute atomic E-state index is 11.5. The van der Waals surface area contributed by atoms with Crippen LogP contribution in [-0.4, -0.2) is 29.6 Å². The van der Waals surface area contributed by atoms with E-state index in [1.54, 1.807) is 12.3 Å². The molecule has 5 nitrogen and oxygen atoms in total. The van der Waals surface area contributed by atoms with E-state index in [0.29, 0.717) is 5.69 Å². The molecule has 2 aromatic heterocycles. The summed E-state index contributed by atoms with van der Waals surface area (Å²) in [6, 6.07) is 12.1. The maximum atomic E-state index is 11.5. The number of nitrogens with one attached hydrogen (secondary N) is 2. The first-order valence-electron chi connectivity index (χ1n) is 7.65. The Kier molecular flexibility index (Phi) is 3.35. The molecule has 23 heavy (non-hydrogen) atoms. The SMILES string of the molecule is COC(=O)c1ccc([C@@H]2NCCc3c2[nH]c2ccccc32)cn1. The minimum atomic E-state index is -0.417. The van der Waals surface area contributed by atoms with Gasteiger partial charge in [0.05, 0.1) is 13.2 Å². The smallest absolute Gasteiger partial charge is 0.356 e. The lowest BCUT2D eigenvalue weighted by molar-refractivity contribution is 0.0594. The molecule has 0 saturated heterocycles. The van der Waals surface area contributed by atoms with E-state index in [1.807, 2.05) is 12.1 Å². The van der Waals surface area contributed by atoms with Crippen molar-refractivity contribution in [3.05, 3.63) is 65.1 Å². The van der Waals surface area contributed by atoms with E-state index in [2.05, 4.69) is 33.5 Å². The molecule has 0 amide bonds. The number of para-hydroxylation sites is 1. The predicted octanol–water partition coefficient (Wildman–Crippen LogP) is 2.58. The Morgan fingerprint density at radius 1 is 1.26 bits per heavy atom. The highest BCUT2D eigenvalue weighted by atomic mass is 16.5. The number of carbonyl (C=O) groups is 1. The van der Waals surface area contributed by atoms with E-state index in [-0.39, 0.29) is 6.04 Å². The van der Waals surface area contributed by atoms with Crippen molar-refractivity contribution in [3.8, 4) is 0 Å². The van der Waals surface area contributed by atoms with E-state index >= 15 is 0 Å². The minimum absolute atomic E-state index is 0.0605. The first kappa shape index (κ1) is 14.0. The van der Waals surface area contributed by atoms with Gasteiger partial charge >= 0.3 is 5.97 Å². The Hall–Kier alpha value is -2.66. The quantitative estimate of drug-likeness (QED) is 0.714. The largest absolute Gasteiger partial charge is 0.464 e. The molecule has 0 aliphatic carbocycles. The molecule has 0 saturated carbocycles. The van der Waals surface area contributed by atoms with Gasteiger partial charge in [0, 0.05) is 29.3 Å². The summed E-state index contributed by atoms with van der Waals surface area (Å²) in [5.41, 5.74) is 5.06. The number of pyridine rings is 1. The lowest BCUT2D eigenvalue weighted by Gasteiger charge is -2.24. The zero-order chi connectivity index (χ0) is 15.8. The molecule has 0 radical (unpaired) electrons. The van der Waals surface area contributed by atoms with Crippen molar-refractivity contribution >= 4 is 16.9 Å². The predicted molar refractivity (Wildman–Crippen MR) is 87.4 cm³/mol. The van der Waals surface area contributed by atoms with Crippen LogP contribution in [0, 0.1) is 0 Å². The van der Waals surface area contributed by atoms with Crippen LogP contribution in [0.3, 0.4) is 0 Å². The molecule has 3 heterocycles. The van der Waals surface area contributed by atoms with Crippen molar-refractivity contribution in [2.24, 2.45) is 0 Å². The summed E-state index contributed by atoms with van der Waals surface area (Å²) in [5.74, 6) is -0.417. The fourth-order valence-electron chi connectivity index (χ4n) is 3.27. The normalized spacial score (nSPS) is 17.0. The van der Waals surface area contributed by atoms with Crippen LogP contribution in [0.25, 0.3) is 10.9 Å². The summed E-state index contributed by atoms with van der Waals surface area (Å²) in [5, 5.41) is 4.81. The Bertz CT molecular complexity index is 868. The van der Waals surface area contributed by atoms with Gasteiger partial charge in [-0.2, -0.15) is 0 Å². The molecular weight excluding hydrogens is 290 g/mol. The first-order valence-corrected chi connectivity index (χ1v) is 7.65. The number of methoxy groups -OCH3 is 1. The first-order chi connectivity index (χ1) is 11.3. The Labute approximate surface area is 133 Å². The average Bonchev–Trinajstić information content (AvgIpc) is 3.00. The van der Waals surface area contributed by atoms with Crippen molar-refractivity contribution in [1.29, 1.82) is 0 Å². The van der Waals surface area contributed by atoms with Crippen LogP contribution >= 0.6 is 0 Å². The topological polar surface area (TPSA) is 67.0 Å². The van der Waals surface area contributed by atoms with Crippen LogP contribution in [-0.2, 0) is 11.2 Å². The van der Waals surface area contributed by atoms with Gasteiger partial charge in [-0.25, -0.2) is 9.78 Å². The monoisotopic (exact) mass is 307 g/mol. The number of nitrogens with zero attached hydrogens (tertiary/aromatic N) is 1. The van der Waals surface area contributed by atoms with Gasteiger partial charge in [-0.1, -0.05) is 24.3 Å². The highest BCUT2D eigenvalue weighted by Crippen LogP contribution is 2.33. The second-order valence-corrected chi connectivity index (χ2v) is 5.67. The molecule has 3 aromatic rings. The van der Waals surface area contributed by atoms with E-state index < -0.39 is 5.97 Å². The zero-order valence-corrected chi connectivity index (χ0v) is 12.8.